The van der Waals surface area contributed by atoms with Gasteiger partial charge in [-0.15, -0.1) is 0 Å². The van der Waals surface area contributed by atoms with Gasteiger partial charge in [-0.2, -0.15) is 0 Å². The number of nitrogens with one attached hydrogen (secondary N) is 1. The van der Waals surface area contributed by atoms with Gasteiger partial charge in [-0.1, -0.05) is 30.3 Å². The molecule has 2 aromatic carbocycles. The van der Waals surface area contributed by atoms with Crippen molar-refractivity contribution < 1.29 is 9.53 Å². The fraction of sp³-hybridized carbons (Fsp3) is 0.316. The zero-order valence-corrected chi connectivity index (χ0v) is 13.2. The third-order valence-corrected chi connectivity index (χ3v) is 3.97. The molecular weight excluding hydrogens is 288 g/mol. The minimum absolute atomic E-state index is 0.237. The molecule has 2 aromatic rings. The summed E-state index contributed by atoms with van der Waals surface area (Å²) in [7, 11) is 0. The lowest BCUT2D eigenvalue weighted by molar-refractivity contribution is -0.131. The number of aryl methyl sites for hydroxylation is 1. The van der Waals surface area contributed by atoms with Crippen LogP contribution in [0, 0.1) is 0 Å². The molecule has 0 bridgehead atoms. The summed E-state index contributed by atoms with van der Waals surface area (Å²) in [6, 6.07) is 17.7. The molecule has 0 spiro atoms. The predicted molar refractivity (Wildman–Crippen MR) is 90.7 cm³/mol. The Kier molecular flexibility index (Phi) is 5.27. The van der Waals surface area contributed by atoms with E-state index in [-0.39, 0.29) is 5.91 Å². The fourth-order valence-electron chi connectivity index (χ4n) is 2.71. The second kappa shape index (κ2) is 7.79. The van der Waals surface area contributed by atoms with Crippen molar-refractivity contribution >= 4 is 5.91 Å². The first-order valence-corrected chi connectivity index (χ1v) is 8.11. The first kappa shape index (κ1) is 15.6. The average molecular weight is 310 g/mol. The summed E-state index contributed by atoms with van der Waals surface area (Å²) in [4.78, 5) is 14.2. The maximum atomic E-state index is 12.2. The van der Waals surface area contributed by atoms with E-state index in [1.165, 1.54) is 0 Å². The second-order valence-corrected chi connectivity index (χ2v) is 5.69. The maximum Gasteiger partial charge on any atom is 0.222 e. The predicted octanol–water partition coefficient (Wildman–Crippen LogP) is 2.84. The fourth-order valence-corrected chi connectivity index (χ4v) is 2.71. The molecule has 120 valence electrons. The number of carbonyl (C=O) groups excluding carboxylic acids is 1. The van der Waals surface area contributed by atoms with Crippen LogP contribution in [0.1, 0.15) is 12.0 Å². The van der Waals surface area contributed by atoms with Gasteiger partial charge in [-0.3, -0.25) is 4.79 Å². The zero-order valence-electron chi connectivity index (χ0n) is 13.2. The highest BCUT2D eigenvalue weighted by atomic mass is 16.5. The Morgan fingerprint density at radius 3 is 2.52 bits per heavy atom. The summed E-state index contributed by atoms with van der Waals surface area (Å²) < 4.78 is 5.84. The van der Waals surface area contributed by atoms with Gasteiger partial charge in [0, 0.05) is 32.6 Å². The van der Waals surface area contributed by atoms with E-state index < -0.39 is 0 Å². The molecule has 4 nitrogen and oxygen atoms in total. The first-order chi connectivity index (χ1) is 11.3. The Labute approximate surface area is 137 Å². The standard InChI is InChI=1S/C19H22N2O2/c22-19(21-13-11-20-12-14-21)10-9-16-5-4-8-18(15-16)23-17-6-2-1-3-7-17/h1-8,15,20H,9-14H2. The molecule has 0 aromatic heterocycles. The lowest BCUT2D eigenvalue weighted by Gasteiger charge is -2.27. The molecule has 0 saturated carbocycles. The molecule has 1 heterocycles. The molecule has 1 amide bonds. The third-order valence-electron chi connectivity index (χ3n) is 3.97. The molecule has 3 rings (SSSR count). The summed E-state index contributed by atoms with van der Waals surface area (Å²) in [5.41, 5.74) is 1.13. The van der Waals surface area contributed by atoms with E-state index in [4.69, 9.17) is 4.74 Å². The molecule has 1 N–H and O–H groups in total. The van der Waals surface area contributed by atoms with Gasteiger partial charge in [0.1, 0.15) is 11.5 Å². The Morgan fingerprint density at radius 1 is 1.00 bits per heavy atom. The van der Waals surface area contributed by atoms with Crippen molar-refractivity contribution in [2.45, 2.75) is 12.8 Å². The average Bonchev–Trinajstić information content (AvgIpc) is 2.62. The van der Waals surface area contributed by atoms with E-state index >= 15 is 0 Å². The number of benzene rings is 2. The number of ether oxygens (including phenoxy) is 1. The molecule has 1 aliphatic rings. The molecule has 0 radical (unpaired) electrons. The molecule has 0 atom stereocenters. The third kappa shape index (κ3) is 4.57. The molecule has 23 heavy (non-hydrogen) atoms. The van der Waals surface area contributed by atoms with Crippen molar-refractivity contribution in [1.29, 1.82) is 0 Å². The number of nitrogens with zero attached hydrogens (tertiary/aromatic N) is 1. The van der Waals surface area contributed by atoms with Crippen molar-refractivity contribution in [2.75, 3.05) is 26.2 Å². The van der Waals surface area contributed by atoms with Gasteiger partial charge in [-0.25, -0.2) is 0 Å². The SMILES string of the molecule is O=C(CCc1cccc(Oc2ccccc2)c1)N1CCNCC1. The number of rotatable bonds is 5. The van der Waals surface area contributed by atoms with Crippen LogP contribution in [0.5, 0.6) is 11.5 Å². The Bertz CT molecular complexity index is 637. The van der Waals surface area contributed by atoms with Gasteiger partial charge in [0.2, 0.25) is 5.91 Å². The number of para-hydroxylation sites is 1. The maximum absolute atomic E-state index is 12.2. The molecule has 1 fully saturated rings. The van der Waals surface area contributed by atoms with E-state index in [0.29, 0.717) is 6.42 Å². The van der Waals surface area contributed by atoms with Crippen LogP contribution in [-0.4, -0.2) is 37.0 Å². The lowest BCUT2D eigenvalue weighted by Crippen LogP contribution is -2.46. The number of carbonyl (C=O) groups is 1. The Hall–Kier alpha value is -2.33. The van der Waals surface area contributed by atoms with Crippen LogP contribution in [0.25, 0.3) is 0 Å². The normalized spacial score (nSPS) is 14.5. The van der Waals surface area contributed by atoms with Crippen molar-refractivity contribution in [3.05, 3.63) is 60.2 Å². The van der Waals surface area contributed by atoms with Crippen molar-refractivity contribution in [1.82, 2.24) is 10.2 Å². The quantitative estimate of drug-likeness (QED) is 0.923. The van der Waals surface area contributed by atoms with Gasteiger partial charge < -0.3 is 15.0 Å². The smallest absolute Gasteiger partial charge is 0.222 e. The van der Waals surface area contributed by atoms with E-state index in [2.05, 4.69) is 5.32 Å². The molecule has 0 unspecified atom stereocenters. The summed E-state index contributed by atoms with van der Waals surface area (Å²) in [5, 5.41) is 3.26. The summed E-state index contributed by atoms with van der Waals surface area (Å²) in [6.07, 6.45) is 1.30. The second-order valence-electron chi connectivity index (χ2n) is 5.69. The summed E-state index contributed by atoms with van der Waals surface area (Å²) in [5.74, 6) is 1.87. The summed E-state index contributed by atoms with van der Waals surface area (Å²) >= 11 is 0. The topological polar surface area (TPSA) is 41.6 Å². The number of amides is 1. The van der Waals surface area contributed by atoms with E-state index in [1.54, 1.807) is 0 Å². The van der Waals surface area contributed by atoms with E-state index in [0.717, 1.165) is 49.7 Å². The minimum Gasteiger partial charge on any atom is -0.457 e. The monoisotopic (exact) mass is 310 g/mol. The van der Waals surface area contributed by atoms with E-state index in [9.17, 15) is 4.79 Å². The van der Waals surface area contributed by atoms with Crippen LogP contribution in [0.2, 0.25) is 0 Å². The van der Waals surface area contributed by atoms with Crippen LogP contribution in [-0.2, 0) is 11.2 Å². The Balaban J connectivity index is 1.56. The van der Waals surface area contributed by atoms with Gasteiger partial charge in [-0.05, 0) is 36.2 Å². The van der Waals surface area contributed by atoms with Crippen LogP contribution < -0.4 is 10.1 Å². The largest absolute Gasteiger partial charge is 0.457 e. The summed E-state index contributed by atoms with van der Waals surface area (Å²) in [6.45, 7) is 3.42. The highest BCUT2D eigenvalue weighted by Crippen LogP contribution is 2.22. The molecule has 0 aliphatic carbocycles. The van der Waals surface area contributed by atoms with E-state index in [1.807, 2.05) is 59.5 Å². The molecular formula is C19H22N2O2. The van der Waals surface area contributed by atoms with Gasteiger partial charge in [0.15, 0.2) is 0 Å². The number of piperazine rings is 1. The van der Waals surface area contributed by atoms with Gasteiger partial charge in [0.25, 0.3) is 0 Å². The highest BCUT2D eigenvalue weighted by molar-refractivity contribution is 5.76. The highest BCUT2D eigenvalue weighted by Gasteiger charge is 2.15. The number of hydrogen-bond donors (Lipinski definition) is 1. The van der Waals surface area contributed by atoms with Gasteiger partial charge >= 0.3 is 0 Å². The lowest BCUT2D eigenvalue weighted by atomic mass is 10.1. The molecule has 4 heteroatoms. The number of hydrogen-bond acceptors (Lipinski definition) is 3. The van der Waals surface area contributed by atoms with Crippen LogP contribution >= 0.6 is 0 Å². The first-order valence-electron chi connectivity index (χ1n) is 8.11. The molecule has 1 saturated heterocycles. The van der Waals surface area contributed by atoms with Crippen LogP contribution in [0.15, 0.2) is 54.6 Å². The van der Waals surface area contributed by atoms with Crippen LogP contribution in [0.4, 0.5) is 0 Å². The van der Waals surface area contributed by atoms with Gasteiger partial charge in [0.05, 0.1) is 0 Å². The zero-order chi connectivity index (χ0) is 15.9. The van der Waals surface area contributed by atoms with Crippen molar-refractivity contribution in [2.24, 2.45) is 0 Å². The van der Waals surface area contributed by atoms with Crippen molar-refractivity contribution in [3.63, 3.8) is 0 Å². The van der Waals surface area contributed by atoms with Crippen molar-refractivity contribution in [3.8, 4) is 11.5 Å². The minimum atomic E-state index is 0.237. The Morgan fingerprint density at radius 2 is 1.74 bits per heavy atom. The molecule has 1 aliphatic heterocycles. The van der Waals surface area contributed by atoms with Crippen LogP contribution in [0.3, 0.4) is 0 Å².